The second-order valence-electron chi connectivity index (χ2n) is 4.51. The van der Waals surface area contributed by atoms with Gasteiger partial charge in [0.1, 0.15) is 12.4 Å². The van der Waals surface area contributed by atoms with Crippen molar-refractivity contribution >= 4 is 12.3 Å². The number of carbonyl (C=O) groups excluding carboxylic acids is 2. The molecule has 5 atom stereocenters. The Balaban J connectivity index is 1.93. The van der Waals surface area contributed by atoms with E-state index in [1.54, 1.807) is 0 Å². The van der Waals surface area contributed by atoms with Gasteiger partial charge in [-0.25, -0.2) is 0 Å². The van der Waals surface area contributed by atoms with E-state index in [9.17, 15) is 9.59 Å². The Morgan fingerprint density at radius 1 is 1.31 bits per heavy atom. The molecule has 2 saturated carbocycles. The molecule has 2 aliphatic carbocycles. The van der Waals surface area contributed by atoms with Crippen molar-refractivity contribution in [3.05, 3.63) is 0 Å². The van der Waals surface area contributed by atoms with E-state index in [0.717, 1.165) is 19.1 Å². The van der Waals surface area contributed by atoms with E-state index < -0.39 is 0 Å². The molecule has 1 aliphatic heterocycles. The van der Waals surface area contributed by atoms with Crippen LogP contribution >= 0.6 is 0 Å². The Hall–Kier alpha value is -0.860. The summed E-state index contributed by atoms with van der Waals surface area (Å²) < 4.78 is 5.25. The molecule has 2 bridgehead atoms. The summed E-state index contributed by atoms with van der Waals surface area (Å²) in [5.74, 6) is 1.36. The standard InChI is InChI=1S/C10H12O3/c11-4-8-5-1-7-6(8)3-10(12)13-9(7)2-5/h4-9H,1-3H2. The van der Waals surface area contributed by atoms with E-state index >= 15 is 0 Å². The highest BCUT2D eigenvalue weighted by molar-refractivity contribution is 5.72. The second kappa shape index (κ2) is 2.34. The largest absolute Gasteiger partial charge is 0.462 e. The van der Waals surface area contributed by atoms with Crippen LogP contribution in [0.3, 0.4) is 0 Å². The van der Waals surface area contributed by atoms with Gasteiger partial charge in [-0.3, -0.25) is 4.79 Å². The summed E-state index contributed by atoms with van der Waals surface area (Å²) in [5, 5.41) is 0. The number of esters is 1. The third-order valence-corrected chi connectivity index (χ3v) is 4.02. The molecule has 3 rings (SSSR count). The number of aldehydes is 1. The van der Waals surface area contributed by atoms with Crippen LogP contribution in [-0.2, 0) is 14.3 Å². The average Bonchev–Trinajstić information content (AvgIpc) is 2.60. The van der Waals surface area contributed by atoms with Crippen molar-refractivity contribution in [1.82, 2.24) is 0 Å². The van der Waals surface area contributed by atoms with Gasteiger partial charge in [-0.05, 0) is 24.7 Å². The Kier molecular flexibility index (Phi) is 1.35. The van der Waals surface area contributed by atoms with Crippen LogP contribution in [0.2, 0.25) is 0 Å². The highest BCUT2D eigenvalue weighted by Gasteiger charge is 2.56. The van der Waals surface area contributed by atoms with E-state index in [2.05, 4.69) is 0 Å². The number of rotatable bonds is 1. The molecule has 70 valence electrons. The monoisotopic (exact) mass is 180 g/mol. The molecule has 0 spiro atoms. The number of hydrogen-bond donors (Lipinski definition) is 0. The highest BCUT2D eigenvalue weighted by Crippen LogP contribution is 2.55. The zero-order valence-corrected chi connectivity index (χ0v) is 7.31. The fourth-order valence-electron chi connectivity index (χ4n) is 3.51. The van der Waals surface area contributed by atoms with Gasteiger partial charge >= 0.3 is 5.97 Å². The van der Waals surface area contributed by atoms with E-state index in [4.69, 9.17) is 4.74 Å². The quantitative estimate of drug-likeness (QED) is 0.442. The van der Waals surface area contributed by atoms with Gasteiger partial charge in [0.15, 0.2) is 0 Å². The lowest BCUT2D eigenvalue weighted by molar-refractivity contribution is -0.165. The van der Waals surface area contributed by atoms with E-state index in [1.165, 1.54) is 0 Å². The van der Waals surface area contributed by atoms with Crippen molar-refractivity contribution in [2.75, 3.05) is 0 Å². The van der Waals surface area contributed by atoms with Crippen LogP contribution < -0.4 is 0 Å². The Labute approximate surface area is 76.4 Å². The van der Waals surface area contributed by atoms with Crippen LogP contribution in [0, 0.1) is 23.7 Å². The van der Waals surface area contributed by atoms with Gasteiger partial charge in [0, 0.05) is 18.3 Å². The molecule has 3 fully saturated rings. The summed E-state index contributed by atoms with van der Waals surface area (Å²) in [7, 11) is 0. The minimum Gasteiger partial charge on any atom is -0.462 e. The van der Waals surface area contributed by atoms with Crippen molar-refractivity contribution < 1.29 is 14.3 Å². The van der Waals surface area contributed by atoms with Crippen LogP contribution in [0.1, 0.15) is 19.3 Å². The first-order valence-corrected chi connectivity index (χ1v) is 4.94. The third kappa shape index (κ3) is 0.847. The molecule has 0 N–H and O–H groups in total. The smallest absolute Gasteiger partial charge is 0.306 e. The summed E-state index contributed by atoms with van der Waals surface area (Å²) in [6.07, 6.45) is 3.71. The van der Waals surface area contributed by atoms with Crippen molar-refractivity contribution in [3.63, 3.8) is 0 Å². The van der Waals surface area contributed by atoms with Crippen LogP contribution in [0.4, 0.5) is 0 Å². The van der Waals surface area contributed by atoms with Gasteiger partial charge in [-0.15, -0.1) is 0 Å². The predicted octanol–water partition coefficient (Wildman–Crippen LogP) is 0.773. The van der Waals surface area contributed by atoms with Gasteiger partial charge in [0.05, 0.1) is 0 Å². The molecular weight excluding hydrogens is 168 g/mol. The first-order chi connectivity index (χ1) is 6.29. The molecule has 0 aromatic heterocycles. The van der Waals surface area contributed by atoms with E-state index in [0.29, 0.717) is 24.2 Å². The Morgan fingerprint density at radius 2 is 2.15 bits per heavy atom. The van der Waals surface area contributed by atoms with Gasteiger partial charge in [-0.1, -0.05) is 0 Å². The fourth-order valence-corrected chi connectivity index (χ4v) is 3.51. The zero-order valence-electron chi connectivity index (χ0n) is 7.31. The Bertz CT molecular complexity index is 273. The minimum absolute atomic E-state index is 0.0987. The minimum atomic E-state index is -0.0987. The molecule has 3 aliphatic rings. The molecule has 3 nitrogen and oxygen atoms in total. The van der Waals surface area contributed by atoms with Crippen molar-refractivity contribution in [2.24, 2.45) is 23.7 Å². The van der Waals surface area contributed by atoms with Crippen LogP contribution in [-0.4, -0.2) is 18.4 Å². The number of ether oxygens (including phenoxy) is 1. The normalized spacial score (nSPS) is 52.0. The van der Waals surface area contributed by atoms with Crippen LogP contribution in [0.15, 0.2) is 0 Å². The number of fused-ring (bicyclic) bond motifs is 1. The molecule has 3 heteroatoms. The van der Waals surface area contributed by atoms with E-state index in [-0.39, 0.29) is 18.0 Å². The van der Waals surface area contributed by atoms with Crippen molar-refractivity contribution in [2.45, 2.75) is 25.4 Å². The summed E-state index contributed by atoms with van der Waals surface area (Å²) in [6, 6.07) is 0. The molecule has 0 aromatic carbocycles. The summed E-state index contributed by atoms with van der Waals surface area (Å²) >= 11 is 0. The average molecular weight is 180 g/mol. The van der Waals surface area contributed by atoms with Gasteiger partial charge in [0.25, 0.3) is 0 Å². The zero-order chi connectivity index (χ0) is 9.00. The maximum absolute atomic E-state index is 11.2. The SMILES string of the molecule is O=CC1C2CC3OC(=O)CC1C3C2. The molecule has 1 heterocycles. The van der Waals surface area contributed by atoms with Crippen LogP contribution in [0.25, 0.3) is 0 Å². The molecule has 0 aromatic rings. The summed E-state index contributed by atoms with van der Waals surface area (Å²) in [6.45, 7) is 0. The lowest BCUT2D eigenvalue weighted by Crippen LogP contribution is -2.41. The second-order valence-corrected chi connectivity index (χ2v) is 4.51. The fraction of sp³-hybridized carbons (Fsp3) is 0.800. The van der Waals surface area contributed by atoms with E-state index in [1.807, 2.05) is 0 Å². The maximum atomic E-state index is 11.2. The van der Waals surface area contributed by atoms with Crippen molar-refractivity contribution in [3.8, 4) is 0 Å². The molecule has 5 unspecified atom stereocenters. The number of hydrogen-bond acceptors (Lipinski definition) is 3. The lowest BCUT2D eigenvalue weighted by atomic mass is 9.75. The summed E-state index contributed by atoms with van der Waals surface area (Å²) in [5.41, 5.74) is 0. The van der Waals surface area contributed by atoms with Gasteiger partial charge < -0.3 is 9.53 Å². The topological polar surface area (TPSA) is 43.4 Å². The Morgan fingerprint density at radius 3 is 2.92 bits per heavy atom. The van der Waals surface area contributed by atoms with Gasteiger partial charge in [0.2, 0.25) is 0 Å². The number of carbonyl (C=O) groups is 2. The maximum Gasteiger partial charge on any atom is 0.306 e. The molecular formula is C10H12O3. The first kappa shape index (κ1) is 7.54. The molecule has 0 radical (unpaired) electrons. The van der Waals surface area contributed by atoms with Crippen molar-refractivity contribution in [1.29, 1.82) is 0 Å². The molecule has 13 heavy (non-hydrogen) atoms. The lowest BCUT2D eigenvalue weighted by Gasteiger charge is -2.36. The molecule has 1 saturated heterocycles. The van der Waals surface area contributed by atoms with Gasteiger partial charge in [-0.2, -0.15) is 0 Å². The third-order valence-electron chi connectivity index (χ3n) is 4.02. The first-order valence-electron chi connectivity index (χ1n) is 4.94. The predicted molar refractivity (Wildman–Crippen MR) is 43.8 cm³/mol. The highest BCUT2D eigenvalue weighted by atomic mass is 16.5. The van der Waals surface area contributed by atoms with Crippen LogP contribution in [0.5, 0.6) is 0 Å². The summed E-state index contributed by atoms with van der Waals surface area (Å²) in [4.78, 5) is 22.0. The molecule has 0 amide bonds.